The molecule has 1 unspecified atom stereocenters. The van der Waals surface area contributed by atoms with E-state index >= 15 is 0 Å². The normalized spacial score (nSPS) is 22.5. The molecule has 116 valence electrons. The van der Waals surface area contributed by atoms with Crippen molar-refractivity contribution in [3.05, 3.63) is 30.1 Å². The molecule has 21 heavy (non-hydrogen) atoms. The Bertz CT molecular complexity index is 507. The predicted octanol–water partition coefficient (Wildman–Crippen LogP) is 2.65. The van der Waals surface area contributed by atoms with Crippen LogP contribution in [0.3, 0.4) is 0 Å². The quantitative estimate of drug-likeness (QED) is 0.848. The number of ether oxygens (including phenoxy) is 1. The average Bonchev–Trinajstić information content (AvgIpc) is 2.88. The van der Waals surface area contributed by atoms with E-state index in [2.05, 4.69) is 24.1 Å². The maximum Gasteiger partial charge on any atom is 0.333 e. The van der Waals surface area contributed by atoms with Crippen molar-refractivity contribution in [1.82, 2.24) is 4.90 Å². The first-order valence-electron chi connectivity index (χ1n) is 7.42. The first kappa shape index (κ1) is 15.8. The number of hydrogen-bond acceptors (Lipinski definition) is 4. The van der Waals surface area contributed by atoms with Crippen molar-refractivity contribution in [2.24, 2.45) is 0 Å². The van der Waals surface area contributed by atoms with Gasteiger partial charge >= 0.3 is 5.97 Å². The first-order chi connectivity index (χ1) is 9.98. The lowest BCUT2D eigenvalue weighted by Gasteiger charge is -2.30. The van der Waals surface area contributed by atoms with E-state index in [1.807, 2.05) is 0 Å². The summed E-state index contributed by atoms with van der Waals surface area (Å²) in [6, 6.07) is 6.75. The number of halogens is 1. The highest BCUT2D eigenvalue weighted by atomic mass is 19.1. The fourth-order valence-corrected chi connectivity index (χ4v) is 2.69. The van der Waals surface area contributed by atoms with Crippen LogP contribution < -0.4 is 5.32 Å². The van der Waals surface area contributed by atoms with Crippen LogP contribution in [0.15, 0.2) is 24.3 Å². The molecule has 1 N–H and O–H groups in total. The van der Waals surface area contributed by atoms with Crippen molar-refractivity contribution in [1.29, 1.82) is 0 Å². The van der Waals surface area contributed by atoms with Gasteiger partial charge in [-0.15, -0.1) is 0 Å². The van der Waals surface area contributed by atoms with Crippen LogP contribution >= 0.6 is 0 Å². The first-order valence-corrected chi connectivity index (χ1v) is 7.42. The van der Waals surface area contributed by atoms with Crippen molar-refractivity contribution in [3.63, 3.8) is 0 Å². The Labute approximate surface area is 125 Å². The molecular formula is C16H23FN2O2. The van der Waals surface area contributed by atoms with E-state index in [1.165, 1.54) is 6.07 Å². The fourth-order valence-electron chi connectivity index (χ4n) is 2.69. The van der Waals surface area contributed by atoms with Crippen LogP contribution in [0.2, 0.25) is 0 Å². The van der Waals surface area contributed by atoms with Gasteiger partial charge in [0.25, 0.3) is 0 Å². The van der Waals surface area contributed by atoms with Gasteiger partial charge in [0, 0.05) is 19.1 Å². The summed E-state index contributed by atoms with van der Waals surface area (Å²) in [6.45, 7) is 7.59. The number of benzene rings is 1. The van der Waals surface area contributed by atoms with Crippen LogP contribution in [0, 0.1) is 5.82 Å². The van der Waals surface area contributed by atoms with Crippen molar-refractivity contribution >= 4 is 11.7 Å². The lowest BCUT2D eigenvalue weighted by Crippen LogP contribution is -2.50. The highest BCUT2D eigenvalue weighted by Crippen LogP contribution is 2.30. The van der Waals surface area contributed by atoms with E-state index in [0.717, 1.165) is 6.54 Å². The van der Waals surface area contributed by atoms with Crippen molar-refractivity contribution < 1.29 is 13.9 Å². The molecule has 5 heteroatoms. The topological polar surface area (TPSA) is 41.6 Å². The molecule has 1 saturated heterocycles. The molecule has 1 aromatic rings. The average molecular weight is 294 g/mol. The number of anilines is 1. The highest BCUT2D eigenvalue weighted by molar-refractivity contribution is 5.85. The number of carbonyl (C=O) groups is 1. The molecule has 1 aromatic carbocycles. The predicted molar refractivity (Wildman–Crippen MR) is 80.7 cm³/mol. The number of nitrogens with zero attached hydrogens (tertiary/aromatic N) is 1. The molecule has 0 amide bonds. The van der Waals surface area contributed by atoms with Gasteiger partial charge in [0.2, 0.25) is 0 Å². The molecule has 0 bridgehead atoms. The summed E-state index contributed by atoms with van der Waals surface area (Å²) in [5.74, 6) is -0.666. The number of rotatable bonds is 5. The van der Waals surface area contributed by atoms with Crippen LogP contribution in [-0.4, -0.2) is 42.1 Å². The van der Waals surface area contributed by atoms with Crippen molar-refractivity contribution in [2.45, 2.75) is 38.8 Å². The van der Waals surface area contributed by atoms with Crippen LogP contribution in [0.25, 0.3) is 0 Å². The monoisotopic (exact) mass is 294 g/mol. The number of esters is 1. The number of para-hydroxylation sites is 1. The van der Waals surface area contributed by atoms with Gasteiger partial charge in [-0.3, -0.25) is 4.90 Å². The number of hydrogen-bond donors (Lipinski definition) is 1. The van der Waals surface area contributed by atoms with E-state index < -0.39 is 5.54 Å². The second-order valence-electron chi connectivity index (χ2n) is 5.72. The second kappa shape index (κ2) is 6.43. The summed E-state index contributed by atoms with van der Waals surface area (Å²) in [4.78, 5) is 14.6. The maximum atomic E-state index is 13.9. The van der Waals surface area contributed by atoms with E-state index in [9.17, 15) is 9.18 Å². The van der Waals surface area contributed by atoms with E-state index in [4.69, 9.17) is 4.74 Å². The van der Waals surface area contributed by atoms with Gasteiger partial charge in [-0.2, -0.15) is 0 Å². The number of likely N-dealkylation sites (tertiary alicyclic amines) is 1. The Morgan fingerprint density at radius 2 is 2.19 bits per heavy atom. The third-order valence-electron chi connectivity index (χ3n) is 3.94. The van der Waals surface area contributed by atoms with Gasteiger partial charge in [-0.25, -0.2) is 9.18 Å². The Hall–Kier alpha value is -1.62. The second-order valence-corrected chi connectivity index (χ2v) is 5.72. The molecule has 0 radical (unpaired) electrons. The van der Waals surface area contributed by atoms with Crippen LogP contribution in [-0.2, 0) is 9.53 Å². The summed E-state index contributed by atoms with van der Waals surface area (Å²) < 4.78 is 19.1. The van der Waals surface area contributed by atoms with Crippen molar-refractivity contribution in [3.8, 4) is 0 Å². The highest BCUT2D eigenvalue weighted by Gasteiger charge is 2.46. The molecule has 1 fully saturated rings. The van der Waals surface area contributed by atoms with E-state index in [0.29, 0.717) is 31.3 Å². The van der Waals surface area contributed by atoms with Crippen LogP contribution in [0.4, 0.5) is 10.1 Å². The molecule has 1 atom stereocenters. The zero-order valence-electron chi connectivity index (χ0n) is 12.9. The molecule has 0 spiro atoms. The van der Waals surface area contributed by atoms with Gasteiger partial charge in [-0.1, -0.05) is 12.1 Å². The standard InChI is InChI=1S/C16H23FN2O2/c1-4-21-15(20)16(9-10-19(11-16)12(2)3)18-14-8-6-5-7-13(14)17/h5-8,12,18H,4,9-11H2,1-3H3. The zero-order valence-corrected chi connectivity index (χ0v) is 12.9. The summed E-state index contributed by atoms with van der Waals surface area (Å²) in [5, 5.41) is 3.10. The number of carbonyl (C=O) groups excluding carboxylic acids is 1. The molecule has 1 aliphatic heterocycles. The zero-order chi connectivity index (χ0) is 15.5. The fraction of sp³-hybridized carbons (Fsp3) is 0.562. The third-order valence-corrected chi connectivity index (χ3v) is 3.94. The van der Waals surface area contributed by atoms with Gasteiger partial charge in [0.15, 0.2) is 0 Å². The smallest absolute Gasteiger partial charge is 0.333 e. The minimum absolute atomic E-state index is 0.309. The maximum absolute atomic E-state index is 13.9. The van der Waals surface area contributed by atoms with Gasteiger partial charge in [0.1, 0.15) is 11.4 Å². The van der Waals surface area contributed by atoms with Crippen molar-refractivity contribution in [2.75, 3.05) is 25.0 Å². The van der Waals surface area contributed by atoms with E-state index in [-0.39, 0.29) is 11.8 Å². The Morgan fingerprint density at radius 1 is 1.48 bits per heavy atom. The summed E-state index contributed by atoms with van der Waals surface area (Å²) in [5.41, 5.74) is -0.529. The third kappa shape index (κ3) is 3.35. The largest absolute Gasteiger partial charge is 0.464 e. The molecule has 0 aromatic heterocycles. The molecule has 0 aliphatic carbocycles. The van der Waals surface area contributed by atoms with Gasteiger partial charge in [-0.05, 0) is 39.3 Å². The number of nitrogens with one attached hydrogen (secondary N) is 1. The molecule has 1 heterocycles. The van der Waals surface area contributed by atoms with E-state index in [1.54, 1.807) is 25.1 Å². The minimum atomic E-state index is -0.873. The van der Waals surface area contributed by atoms with Gasteiger partial charge in [0.05, 0.1) is 12.3 Å². The van der Waals surface area contributed by atoms with Gasteiger partial charge < -0.3 is 10.1 Å². The lowest BCUT2D eigenvalue weighted by atomic mass is 9.98. The van der Waals surface area contributed by atoms with Crippen LogP contribution in [0.5, 0.6) is 0 Å². The summed E-state index contributed by atoms with van der Waals surface area (Å²) >= 11 is 0. The summed E-state index contributed by atoms with van der Waals surface area (Å²) in [7, 11) is 0. The Morgan fingerprint density at radius 3 is 2.76 bits per heavy atom. The lowest BCUT2D eigenvalue weighted by molar-refractivity contribution is -0.148. The van der Waals surface area contributed by atoms with Crippen LogP contribution in [0.1, 0.15) is 27.2 Å². The molecular weight excluding hydrogens is 271 g/mol. The minimum Gasteiger partial charge on any atom is -0.464 e. The molecule has 2 rings (SSSR count). The Kier molecular flexibility index (Phi) is 4.83. The SMILES string of the molecule is CCOC(=O)C1(Nc2ccccc2F)CCN(C(C)C)C1. The molecule has 0 saturated carbocycles. The molecule has 4 nitrogen and oxygen atoms in total. The summed E-state index contributed by atoms with van der Waals surface area (Å²) in [6.07, 6.45) is 0.609. The Balaban J connectivity index is 2.25. The molecule has 1 aliphatic rings.